The molecule has 0 spiro atoms. The van der Waals surface area contributed by atoms with Crippen molar-refractivity contribution in [3.05, 3.63) is 0 Å². The molecule has 1 aliphatic rings. The summed E-state index contributed by atoms with van der Waals surface area (Å²) in [7, 11) is 1.31. The molecule has 1 aliphatic heterocycles. The summed E-state index contributed by atoms with van der Waals surface area (Å²) >= 11 is 0. The second-order valence-electron chi connectivity index (χ2n) is 3.85. The SMILES string of the molecule is CC.CC1CNCC1(C)C.COC=O. The van der Waals surface area contributed by atoms with Crippen LogP contribution in [-0.2, 0) is 9.53 Å². The molecule has 1 fully saturated rings. The zero-order valence-electron chi connectivity index (χ0n) is 10.4. The van der Waals surface area contributed by atoms with Gasteiger partial charge in [-0.25, -0.2) is 0 Å². The van der Waals surface area contributed by atoms with Crippen LogP contribution in [0.2, 0.25) is 0 Å². The van der Waals surface area contributed by atoms with Crippen LogP contribution in [0.4, 0.5) is 0 Å². The fourth-order valence-corrected chi connectivity index (χ4v) is 1.06. The van der Waals surface area contributed by atoms with E-state index < -0.39 is 0 Å². The number of nitrogens with one attached hydrogen (secondary N) is 1. The fraction of sp³-hybridized carbons (Fsp3) is 0.909. The van der Waals surface area contributed by atoms with Crippen LogP contribution in [-0.4, -0.2) is 26.7 Å². The Morgan fingerprint density at radius 2 is 1.86 bits per heavy atom. The maximum atomic E-state index is 8.95. The van der Waals surface area contributed by atoms with Crippen molar-refractivity contribution in [2.24, 2.45) is 11.3 Å². The standard InChI is InChI=1S/C7H15N.C2H4O2.C2H6/c1-6-4-8-5-7(6,2)3;1-4-2-3;1-2/h6,8H,4-5H2,1-3H3;2H,1H3;1-2H3. The minimum Gasteiger partial charge on any atom is -0.471 e. The van der Waals surface area contributed by atoms with Gasteiger partial charge < -0.3 is 10.1 Å². The zero-order valence-corrected chi connectivity index (χ0v) is 10.4. The van der Waals surface area contributed by atoms with E-state index in [0.717, 1.165) is 5.92 Å². The Morgan fingerprint density at radius 3 is 1.93 bits per heavy atom. The molecular formula is C11H25NO2. The first kappa shape index (κ1) is 15.9. The predicted molar refractivity (Wildman–Crippen MR) is 60.2 cm³/mol. The summed E-state index contributed by atoms with van der Waals surface area (Å²) in [6.07, 6.45) is 0. The zero-order chi connectivity index (χ0) is 11.6. The Bertz CT molecular complexity index is 135. The summed E-state index contributed by atoms with van der Waals surface area (Å²) in [5, 5.41) is 3.36. The summed E-state index contributed by atoms with van der Waals surface area (Å²) in [5.41, 5.74) is 0.542. The van der Waals surface area contributed by atoms with Crippen molar-refractivity contribution < 1.29 is 9.53 Å². The van der Waals surface area contributed by atoms with Crippen LogP contribution < -0.4 is 5.32 Å². The second kappa shape index (κ2) is 9.00. The highest BCUT2D eigenvalue weighted by molar-refractivity contribution is 5.36. The number of ether oxygens (including phenoxy) is 1. The topological polar surface area (TPSA) is 38.3 Å². The van der Waals surface area contributed by atoms with Crippen molar-refractivity contribution in [1.29, 1.82) is 0 Å². The summed E-state index contributed by atoms with van der Waals surface area (Å²) in [6, 6.07) is 0. The largest absolute Gasteiger partial charge is 0.471 e. The third-order valence-electron chi connectivity index (χ3n) is 2.46. The van der Waals surface area contributed by atoms with Gasteiger partial charge in [0.25, 0.3) is 6.47 Å². The van der Waals surface area contributed by atoms with Gasteiger partial charge in [0.1, 0.15) is 0 Å². The molecule has 0 bridgehead atoms. The molecule has 1 saturated heterocycles. The fourth-order valence-electron chi connectivity index (χ4n) is 1.06. The van der Waals surface area contributed by atoms with Gasteiger partial charge in [-0.2, -0.15) is 0 Å². The summed E-state index contributed by atoms with van der Waals surface area (Å²) < 4.78 is 3.86. The number of methoxy groups -OCH3 is 1. The van der Waals surface area contributed by atoms with E-state index in [1.165, 1.54) is 20.2 Å². The molecule has 0 aromatic heterocycles. The molecule has 1 N–H and O–H groups in total. The highest BCUT2D eigenvalue weighted by Crippen LogP contribution is 2.28. The average Bonchev–Trinajstić information content (AvgIpc) is 2.49. The van der Waals surface area contributed by atoms with Gasteiger partial charge in [-0.15, -0.1) is 0 Å². The Labute approximate surface area is 88.2 Å². The number of carbonyl (C=O) groups excluding carboxylic acids is 1. The third kappa shape index (κ3) is 6.89. The van der Waals surface area contributed by atoms with Crippen LogP contribution in [0, 0.1) is 11.3 Å². The van der Waals surface area contributed by atoms with E-state index in [1.54, 1.807) is 0 Å². The molecule has 1 heterocycles. The van der Waals surface area contributed by atoms with Gasteiger partial charge in [0.2, 0.25) is 0 Å². The lowest BCUT2D eigenvalue weighted by molar-refractivity contribution is -0.126. The highest BCUT2D eigenvalue weighted by atomic mass is 16.5. The Morgan fingerprint density at radius 1 is 1.43 bits per heavy atom. The van der Waals surface area contributed by atoms with Gasteiger partial charge in [-0.05, 0) is 17.9 Å². The second-order valence-corrected chi connectivity index (χ2v) is 3.85. The Balaban J connectivity index is 0. The summed E-state index contributed by atoms with van der Waals surface area (Å²) in [5.74, 6) is 0.850. The van der Waals surface area contributed by atoms with Crippen molar-refractivity contribution in [2.75, 3.05) is 20.2 Å². The third-order valence-corrected chi connectivity index (χ3v) is 2.46. The van der Waals surface area contributed by atoms with Crippen LogP contribution in [0.25, 0.3) is 0 Å². The van der Waals surface area contributed by atoms with Gasteiger partial charge >= 0.3 is 0 Å². The van der Waals surface area contributed by atoms with E-state index >= 15 is 0 Å². The molecular weight excluding hydrogens is 178 g/mol. The van der Waals surface area contributed by atoms with Crippen molar-refractivity contribution in [3.63, 3.8) is 0 Å². The quantitative estimate of drug-likeness (QED) is 0.663. The molecule has 0 aliphatic carbocycles. The lowest BCUT2D eigenvalue weighted by atomic mass is 9.84. The van der Waals surface area contributed by atoms with Crippen molar-refractivity contribution in [3.8, 4) is 0 Å². The van der Waals surface area contributed by atoms with E-state index in [9.17, 15) is 0 Å². The van der Waals surface area contributed by atoms with Crippen LogP contribution in [0.3, 0.4) is 0 Å². The van der Waals surface area contributed by atoms with Crippen molar-refractivity contribution in [1.82, 2.24) is 5.32 Å². The van der Waals surface area contributed by atoms with Crippen molar-refractivity contribution >= 4 is 6.47 Å². The van der Waals surface area contributed by atoms with E-state index in [0.29, 0.717) is 11.9 Å². The van der Waals surface area contributed by atoms with Crippen LogP contribution in [0.5, 0.6) is 0 Å². The molecule has 14 heavy (non-hydrogen) atoms. The molecule has 0 saturated carbocycles. The molecule has 86 valence electrons. The normalized spacial score (nSPS) is 22.3. The minimum absolute atomic E-state index is 0.375. The van der Waals surface area contributed by atoms with Crippen molar-refractivity contribution in [2.45, 2.75) is 34.6 Å². The molecule has 3 nitrogen and oxygen atoms in total. The maximum Gasteiger partial charge on any atom is 0.292 e. The van der Waals surface area contributed by atoms with Crippen LogP contribution in [0.1, 0.15) is 34.6 Å². The van der Waals surface area contributed by atoms with E-state index in [2.05, 4.69) is 30.8 Å². The van der Waals surface area contributed by atoms with Gasteiger partial charge in [-0.3, -0.25) is 4.79 Å². The molecule has 3 heteroatoms. The lowest BCUT2D eigenvalue weighted by Crippen LogP contribution is -2.19. The van der Waals surface area contributed by atoms with Crippen LogP contribution >= 0.6 is 0 Å². The molecule has 0 radical (unpaired) electrons. The van der Waals surface area contributed by atoms with Gasteiger partial charge in [0.05, 0.1) is 7.11 Å². The summed E-state index contributed by atoms with van der Waals surface area (Å²) in [6.45, 7) is 13.7. The molecule has 0 aromatic carbocycles. The molecule has 0 aromatic rings. The molecule has 0 amide bonds. The first-order valence-corrected chi connectivity index (χ1v) is 5.21. The Hall–Kier alpha value is -0.570. The van der Waals surface area contributed by atoms with Gasteiger partial charge in [-0.1, -0.05) is 34.6 Å². The first-order chi connectivity index (χ1) is 6.54. The van der Waals surface area contributed by atoms with Gasteiger partial charge in [0.15, 0.2) is 0 Å². The number of hydrogen-bond acceptors (Lipinski definition) is 3. The van der Waals surface area contributed by atoms with E-state index in [-0.39, 0.29) is 0 Å². The first-order valence-electron chi connectivity index (χ1n) is 5.21. The predicted octanol–water partition coefficient (Wildman–Crippen LogP) is 2.07. The average molecular weight is 203 g/mol. The Kier molecular flexibility index (Phi) is 10.2. The molecule has 1 unspecified atom stereocenters. The van der Waals surface area contributed by atoms with Crippen LogP contribution in [0.15, 0.2) is 0 Å². The lowest BCUT2D eigenvalue weighted by Gasteiger charge is -2.21. The maximum absolute atomic E-state index is 8.95. The smallest absolute Gasteiger partial charge is 0.292 e. The van der Waals surface area contributed by atoms with Gasteiger partial charge in [0, 0.05) is 6.54 Å². The highest BCUT2D eigenvalue weighted by Gasteiger charge is 2.30. The van der Waals surface area contributed by atoms with E-state index in [1.807, 2.05) is 13.8 Å². The van der Waals surface area contributed by atoms with E-state index in [4.69, 9.17) is 4.79 Å². The minimum atomic E-state index is 0.375. The number of rotatable bonds is 1. The number of hydrogen-bond donors (Lipinski definition) is 1. The number of carbonyl (C=O) groups is 1. The molecule has 1 atom stereocenters. The summed E-state index contributed by atoms with van der Waals surface area (Å²) in [4.78, 5) is 8.95. The monoisotopic (exact) mass is 203 g/mol. The molecule has 1 rings (SSSR count).